The summed E-state index contributed by atoms with van der Waals surface area (Å²) in [6.45, 7) is 0. The quantitative estimate of drug-likeness (QED) is 0.328. The lowest BCUT2D eigenvalue weighted by molar-refractivity contribution is 0.398. The summed E-state index contributed by atoms with van der Waals surface area (Å²) in [5.74, 6) is -8.92. The Kier molecular flexibility index (Phi) is 2.11. The van der Waals surface area contributed by atoms with E-state index in [1.807, 2.05) is 0 Å². The summed E-state index contributed by atoms with van der Waals surface area (Å²) in [7, 11) is 0. The van der Waals surface area contributed by atoms with E-state index in [0.717, 1.165) is 0 Å². The molecule has 0 radical (unpaired) electrons. The monoisotopic (exact) mass is 234 g/mol. The largest absolute Gasteiger partial charge is 0.507 e. The Morgan fingerprint density at radius 2 is 1.56 bits per heavy atom. The van der Waals surface area contributed by atoms with Crippen LogP contribution in [-0.4, -0.2) is 5.11 Å². The van der Waals surface area contributed by atoms with Crippen molar-refractivity contribution in [1.29, 1.82) is 0 Å². The van der Waals surface area contributed by atoms with Crippen LogP contribution in [0.25, 0.3) is 11.0 Å². The molecule has 1 N–H and O–H groups in total. The van der Waals surface area contributed by atoms with Crippen LogP contribution in [0.2, 0.25) is 0 Å². The van der Waals surface area contributed by atoms with E-state index in [2.05, 4.69) is 4.42 Å². The third kappa shape index (κ3) is 1.24. The maximum absolute atomic E-state index is 13.1. The number of aromatic hydroxyl groups is 1. The van der Waals surface area contributed by atoms with Gasteiger partial charge in [-0.15, -0.1) is 0 Å². The van der Waals surface area contributed by atoms with E-state index in [1.54, 1.807) is 0 Å². The van der Waals surface area contributed by atoms with Crippen LogP contribution in [0.3, 0.4) is 0 Å². The molecule has 0 bridgehead atoms. The molecular formula is C9H2F4O3. The van der Waals surface area contributed by atoms with Gasteiger partial charge >= 0.3 is 5.63 Å². The second kappa shape index (κ2) is 3.22. The number of hydrogen-bond donors (Lipinski definition) is 1. The lowest BCUT2D eigenvalue weighted by Crippen LogP contribution is -2.03. The summed E-state index contributed by atoms with van der Waals surface area (Å²) < 4.78 is 55.9. The Labute approximate surface area is 84.5 Å². The summed E-state index contributed by atoms with van der Waals surface area (Å²) in [4.78, 5) is 10.7. The summed E-state index contributed by atoms with van der Waals surface area (Å²) in [5.41, 5.74) is -2.38. The Morgan fingerprint density at radius 1 is 1.00 bits per heavy atom. The summed E-state index contributed by atoms with van der Waals surface area (Å²) in [6, 6.07) is 0.419. The third-order valence-corrected chi connectivity index (χ3v) is 1.94. The van der Waals surface area contributed by atoms with Crippen LogP contribution in [0.15, 0.2) is 15.3 Å². The van der Waals surface area contributed by atoms with Crippen molar-refractivity contribution < 1.29 is 27.1 Å². The zero-order chi connectivity index (χ0) is 12.0. The summed E-state index contributed by atoms with van der Waals surface area (Å²) >= 11 is 0. The van der Waals surface area contributed by atoms with Gasteiger partial charge in [0.25, 0.3) is 0 Å². The highest BCUT2D eigenvalue weighted by atomic mass is 19.2. The molecule has 0 aliphatic carbocycles. The first-order valence-corrected chi connectivity index (χ1v) is 3.92. The number of benzene rings is 1. The van der Waals surface area contributed by atoms with Crippen LogP contribution in [0.1, 0.15) is 0 Å². The zero-order valence-corrected chi connectivity index (χ0v) is 7.35. The molecule has 7 heteroatoms. The van der Waals surface area contributed by atoms with E-state index >= 15 is 0 Å². The molecule has 1 heterocycles. The molecule has 0 unspecified atom stereocenters. The van der Waals surface area contributed by atoms with Crippen LogP contribution >= 0.6 is 0 Å². The number of hydrogen-bond acceptors (Lipinski definition) is 3. The highest BCUT2D eigenvalue weighted by Gasteiger charge is 2.24. The topological polar surface area (TPSA) is 50.4 Å². The molecule has 0 saturated carbocycles. The highest BCUT2D eigenvalue weighted by molar-refractivity contribution is 5.84. The van der Waals surface area contributed by atoms with Gasteiger partial charge in [0.2, 0.25) is 11.6 Å². The fourth-order valence-electron chi connectivity index (χ4n) is 1.25. The molecule has 0 atom stereocenters. The Hall–Kier alpha value is -2.05. The zero-order valence-electron chi connectivity index (χ0n) is 7.35. The van der Waals surface area contributed by atoms with Crippen molar-refractivity contribution in [2.75, 3.05) is 0 Å². The smallest absolute Gasteiger partial charge is 0.340 e. The SMILES string of the molecule is O=c1cc(O)c2c(F)c(F)c(F)c(F)c2o1. The molecule has 0 amide bonds. The van der Waals surface area contributed by atoms with E-state index < -0.39 is 45.6 Å². The maximum Gasteiger partial charge on any atom is 0.340 e. The van der Waals surface area contributed by atoms with Gasteiger partial charge in [-0.1, -0.05) is 0 Å². The summed E-state index contributed by atoms with van der Waals surface area (Å²) in [5, 5.41) is 8.10. The second-order valence-electron chi connectivity index (χ2n) is 2.91. The van der Waals surface area contributed by atoms with Crippen molar-refractivity contribution in [2.24, 2.45) is 0 Å². The molecule has 0 saturated heterocycles. The average molecular weight is 234 g/mol. The first-order valence-electron chi connectivity index (χ1n) is 3.92. The van der Waals surface area contributed by atoms with Crippen LogP contribution in [0, 0.1) is 23.3 Å². The molecule has 0 spiro atoms. The van der Waals surface area contributed by atoms with Gasteiger partial charge in [0.15, 0.2) is 17.2 Å². The molecule has 1 aromatic heterocycles. The number of rotatable bonds is 0. The normalized spacial score (nSPS) is 11.0. The lowest BCUT2D eigenvalue weighted by Gasteiger charge is -2.04. The Morgan fingerprint density at radius 3 is 2.19 bits per heavy atom. The number of fused-ring (bicyclic) bond motifs is 1. The van der Waals surface area contributed by atoms with Crippen LogP contribution < -0.4 is 5.63 Å². The van der Waals surface area contributed by atoms with E-state index in [-0.39, 0.29) is 0 Å². The predicted molar refractivity (Wildman–Crippen MR) is 44.0 cm³/mol. The average Bonchev–Trinajstić information content (AvgIpc) is 2.22. The molecule has 1 aromatic carbocycles. The van der Waals surface area contributed by atoms with E-state index in [0.29, 0.717) is 6.07 Å². The molecule has 84 valence electrons. The van der Waals surface area contributed by atoms with Crippen molar-refractivity contribution in [3.05, 3.63) is 39.8 Å². The van der Waals surface area contributed by atoms with E-state index in [4.69, 9.17) is 5.11 Å². The van der Waals surface area contributed by atoms with E-state index in [9.17, 15) is 22.4 Å². The molecule has 2 rings (SSSR count). The second-order valence-corrected chi connectivity index (χ2v) is 2.91. The fourth-order valence-corrected chi connectivity index (χ4v) is 1.25. The van der Waals surface area contributed by atoms with Gasteiger partial charge < -0.3 is 9.52 Å². The first kappa shape index (κ1) is 10.5. The minimum Gasteiger partial charge on any atom is -0.507 e. The first-order chi connectivity index (χ1) is 7.43. The van der Waals surface area contributed by atoms with Gasteiger partial charge in [-0.05, 0) is 0 Å². The van der Waals surface area contributed by atoms with Gasteiger partial charge in [-0.2, -0.15) is 4.39 Å². The fraction of sp³-hybridized carbons (Fsp3) is 0. The Balaban J connectivity index is 3.14. The van der Waals surface area contributed by atoms with Crippen LogP contribution in [0.5, 0.6) is 5.75 Å². The predicted octanol–water partition coefficient (Wildman–Crippen LogP) is 2.06. The molecule has 0 aliphatic heterocycles. The lowest BCUT2D eigenvalue weighted by atomic mass is 10.2. The minimum absolute atomic E-state index is 0.419. The van der Waals surface area contributed by atoms with Crippen molar-refractivity contribution in [1.82, 2.24) is 0 Å². The van der Waals surface area contributed by atoms with Crippen molar-refractivity contribution in [3.8, 4) is 5.75 Å². The molecule has 16 heavy (non-hydrogen) atoms. The number of halogens is 4. The van der Waals surface area contributed by atoms with Crippen LogP contribution in [0.4, 0.5) is 17.6 Å². The van der Waals surface area contributed by atoms with Crippen molar-refractivity contribution in [2.45, 2.75) is 0 Å². The van der Waals surface area contributed by atoms with Gasteiger partial charge in [-0.3, -0.25) is 0 Å². The molecular weight excluding hydrogens is 232 g/mol. The van der Waals surface area contributed by atoms with Gasteiger partial charge in [0.05, 0.1) is 6.07 Å². The third-order valence-electron chi connectivity index (χ3n) is 1.94. The highest BCUT2D eigenvalue weighted by Crippen LogP contribution is 2.31. The maximum atomic E-state index is 13.1. The van der Waals surface area contributed by atoms with E-state index in [1.165, 1.54) is 0 Å². The van der Waals surface area contributed by atoms with Gasteiger partial charge in [-0.25, -0.2) is 18.0 Å². The molecule has 2 aromatic rings. The Bertz CT molecular complexity index is 647. The van der Waals surface area contributed by atoms with Gasteiger partial charge in [0, 0.05) is 0 Å². The minimum atomic E-state index is -2.11. The van der Waals surface area contributed by atoms with Gasteiger partial charge in [0.1, 0.15) is 11.1 Å². The van der Waals surface area contributed by atoms with Crippen molar-refractivity contribution >= 4 is 11.0 Å². The molecule has 0 fully saturated rings. The van der Waals surface area contributed by atoms with Crippen LogP contribution in [-0.2, 0) is 0 Å². The molecule has 0 aliphatic rings. The summed E-state index contributed by atoms with van der Waals surface area (Å²) in [6.07, 6.45) is 0. The molecule has 3 nitrogen and oxygen atoms in total. The van der Waals surface area contributed by atoms with Crippen molar-refractivity contribution in [3.63, 3.8) is 0 Å². The standard InChI is InChI=1S/C9H2F4O3/c10-5-4-2(14)1-3(15)16-9(4)8(13)7(12)6(5)11/h1,14H.